The lowest BCUT2D eigenvalue weighted by atomic mass is 9.93. The molecule has 0 radical (unpaired) electrons. The van der Waals surface area contributed by atoms with Gasteiger partial charge in [0.05, 0.1) is 11.6 Å². The van der Waals surface area contributed by atoms with E-state index in [1.165, 1.54) is 0 Å². The minimum Gasteiger partial charge on any atom is -0.482 e. The Hall–Kier alpha value is -2.90. The van der Waals surface area contributed by atoms with Gasteiger partial charge in [-0.05, 0) is 25.3 Å². The first-order valence-electron chi connectivity index (χ1n) is 8.74. The van der Waals surface area contributed by atoms with Crippen molar-refractivity contribution in [3.05, 3.63) is 23.9 Å². The molecule has 0 bridgehead atoms. The molecule has 4 rings (SSSR count). The number of rotatable bonds is 5. The van der Waals surface area contributed by atoms with Crippen LogP contribution in [0.3, 0.4) is 0 Å². The molecule has 8 nitrogen and oxygen atoms in total. The molecule has 1 aromatic heterocycles. The highest BCUT2D eigenvalue weighted by Gasteiger charge is 2.32. The summed E-state index contributed by atoms with van der Waals surface area (Å²) in [6, 6.07) is 5.76. The Balaban J connectivity index is 1.60. The van der Waals surface area contributed by atoms with E-state index in [0.29, 0.717) is 24.3 Å². The fourth-order valence-electron chi connectivity index (χ4n) is 3.30. The quantitative estimate of drug-likeness (QED) is 0.770. The fourth-order valence-corrected chi connectivity index (χ4v) is 3.30. The molecule has 2 heterocycles. The summed E-state index contributed by atoms with van der Waals surface area (Å²) in [6.45, 7) is -0.0610. The number of benzene rings is 1. The molecule has 1 aromatic carbocycles. The average Bonchev–Trinajstić information content (AvgIpc) is 3.35. The van der Waals surface area contributed by atoms with E-state index in [-0.39, 0.29) is 30.4 Å². The van der Waals surface area contributed by atoms with Crippen LogP contribution in [0.4, 0.5) is 0 Å². The molecule has 3 amide bonds. The fraction of sp³-hybridized carbons (Fsp3) is 0.444. The third-order valence-corrected chi connectivity index (χ3v) is 4.73. The predicted octanol–water partition coefficient (Wildman–Crippen LogP) is 0.751. The van der Waals surface area contributed by atoms with Gasteiger partial charge in [-0.15, -0.1) is 0 Å². The van der Waals surface area contributed by atoms with Crippen LogP contribution in [-0.4, -0.2) is 40.2 Å². The number of piperidine rings is 1. The van der Waals surface area contributed by atoms with Crippen molar-refractivity contribution in [3.63, 3.8) is 0 Å². The molecule has 8 heteroatoms. The first-order valence-corrected chi connectivity index (χ1v) is 8.74. The van der Waals surface area contributed by atoms with E-state index in [1.807, 2.05) is 12.1 Å². The second kappa shape index (κ2) is 6.44. The minimum atomic E-state index is -0.468. The monoisotopic (exact) mass is 356 g/mol. The van der Waals surface area contributed by atoms with Crippen molar-refractivity contribution in [2.75, 3.05) is 6.61 Å². The van der Waals surface area contributed by atoms with Crippen LogP contribution < -0.4 is 15.4 Å². The Morgan fingerprint density at radius 3 is 2.88 bits per heavy atom. The van der Waals surface area contributed by atoms with Crippen LogP contribution in [0.15, 0.2) is 18.2 Å². The van der Waals surface area contributed by atoms with Gasteiger partial charge in [0, 0.05) is 24.9 Å². The third-order valence-electron chi connectivity index (χ3n) is 4.73. The number of fused-ring (bicyclic) bond motifs is 1. The normalized spacial score (nSPS) is 20.1. The lowest BCUT2D eigenvalue weighted by Gasteiger charge is -2.19. The zero-order valence-corrected chi connectivity index (χ0v) is 14.4. The van der Waals surface area contributed by atoms with Crippen LogP contribution in [-0.2, 0) is 21.4 Å². The molecule has 1 atom stereocenters. The van der Waals surface area contributed by atoms with Crippen molar-refractivity contribution < 1.29 is 19.1 Å². The molecule has 2 aliphatic rings. The first kappa shape index (κ1) is 16.6. The highest BCUT2D eigenvalue weighted by molar-refractivity contribution is 6.03. The van der Waals surface area contributed by atoms with Crippen molar-refractivity contribution in [1.82, 2.24) is 20.4 Å². The number of imide groups is 1. The summed E-state index contributed by atoms with van der Waals surface area (Å²) < 4.78 is 7.36. The second-order valence-corrected chi connectivity index (χ2v) is 6.80. The largest absolute Gasteiger partial charge is 0.482 e. The average molecular weight is 356 g/mol. The van der Waals surface area contributed by atoms with Gasteiger partial charge in [0.15, 0.2) is 6.61 Å². The van der Waals surface area contributed by atoms with Crippen molar-refractivity contribution in [2.45, 2.75) is 37.6 Å². The standard InChI is InChI=1S/C18H20N4O4/c1-22-17-11(16(21-22)12-7-8-14(23)20-18(12)25)3-2-4-13(17)26-9-15(24)19-10-5-6-10/h2-4,10,12H,5-9H2,1H3,(H,19,24)(H,20,23,25). The number of hydrogen-bond donors (Lipinski definition) is 2. The second-order valence-electron chi connectivity index (χ2n) is 6.80. The smallest absolute Gasteiger partial charge is 0.258 e. The number of hydrogen-bond acceptors (Lipinski definition) is 5. The van der Waals surface area contributed by atoms with Crippen molar-refractivity contribution in [2.24, 2.45) is 7.05 Å². The van der Waals surface area contributed by atoms with Crippen LogP contribution >= 0.6 is 0 Å². The van der Waals surface area contributed by atoms with Gasteiger partial charge in [-0.2, -0.15) is 5.10 Å². The van der Waals surface area contributed by atoms with Crippen LogP contribution in [0.5, 0.6) is 5.75 Å². The number of carbonyl (C=O) groups excluding carboxylic acids is 3. The number of nitrogens with zero attached hydrogens (tertiary/aromatic N) is 2. The van der Waals surface area contributed by atoms with Crippen LogP contribution in [0.2, 0.25) is 0 Å². The molecule has 1 unspecified atom stereocenters. The zero-order chi connectivity index (χ0) is 18.3. The van der Waals surface area contributed by atoms with Crippen LogP contribution in [0.1, 0.15) is 37.3 Å². The van der Waals surface area contributed by atoms with Gasteiger partial charge < -0.3 is 10.1 Å². The zero-order valence-electron chi connectivity index (χ0n) is 14.4. The Kier molecular flexibility index (Phi) is 4.10. The number of carbonyl (C=O) groups is 3. The molecule has 26 heavy (non-hydrogen) atoms. The van der Waals surface area contributed by atoms with E-state index in [2.05, 4.69) is 15.7 Å². The minimum absolute atomic E-state index is 0.0610. The lowest BCUT2D eigenvalue weighted by molar-refractivity contribution is -0.134. The predicted molar refractivity (Wildman–Crippen MR) is 92.5 cm³/mol. The third kappa shape index (κ3) is 3.14. The molecule has 1 saturated carbocycles. The van der Waals surface area contributed by atoms with Gasteiger partial charge in [-0.25, -0.2) is 0 Å². The maximum atomic E-state index is 12.2. The van der Waals surface area contributed by atoms with E-state index in [0.717, 1.165) is 23.7 Å². The summed E-state index contributed by atoms with van der Waals surface area (Å²) in [5, 5.41) is 10.5. The number of para-hydroxylation sites is 1. The summed E-state index contributed by atoms with van der Waals surface area (Å²) in [7, 11) is 1.77. The maximum Gasteiger partial charge on any atom is 0.258 e. The van der Waals surface area contributed by atoms with Gasteiger partial charge in [0.2, 0.25) is 11.8 Å². The summed E-state index contributed by atoms with van der Waals surface area (Å²) in [4.78, 5) is 35.5. The molecule has 2 fully saturated rings. The van der Waals surface area contributed by atoms with Crippen molar-refractivity contribution in [1.29, 1.82) is 0 Å². The Morgan fingerprint density at radius 2 is 2.15 bits per heavy atom. The molecule has 1 aliphatic heterocycles. The lowest BCUT2D eigenvalue weighted by Crippen LogP contribution is -2.39. The number of nitrogens with one attached hydrogen (secondary N) is 2. The number of aryl methyl sites for hydroxylation is 1. The Labute approximate surface area is 149 Å². The number of amides is 3. The highest BCUT2D eigenvalue weighted by atomic mass is 16.5. The van der Waals surface area contributed by atoms with E-state index in [1.54, 1.807) is 17.8 Å². The van der Waals surface area contributed by atoms with E-state index in [9.17, 15) is 14.4 Å². The highest BCUT2D eigenvalue weighted by Crippen LogP contribution is 2.34. The van der Waals surface area contributed by atoms with Gasteiger partial charge in [-0.3, -0.25) is 24.4 Å². The number of ether oxygens (including phenoxy) is 1. The van der Waals surface area contributed by atoms with Crippen LogP contribution in [0.25, 0.3) is 10.9 Å². The molecule has 2 N–H and O–H groups in total. The summed E-state index contributed by atoms with van der Waals surface area (Å²) in [5.74, 6) is -0.641. The molecular formula is C18H20N4O4. The van der Waals surface area contributed by atoms with Gasteiger partial charge in [0.25, 0.3) is 5.91 Å². The van der Waals surface area contributed by atoms with Gasteiger partial charge in [-0.1, -0.05) is 12.1 Å². The molecule has 136 valence electrons. The van der Waals surface area contributed by atoms with Gasteiger partial charge in [0.1, 0.15) is 11.3 Å². The maximum absolute atomic E-state index is 12.2. The van der Waals surface area contributed by atoms with E-state index in [4.69, 9.17) is 4.74 Å². The summed E-state index contributed by atoms with van der Waals surface area (Å²) in [6.07, 6.45) is 2.79. The molecule has 2 aromatic rings. The van der Waals surface area contributed by atoms with Crippen LogP contribution in [0, 0.1) is 0 Å². The first-order chi connectivity index (χ1) is 12.5. The summed E-state index contributed by atoms with van der Waals surface area (Å²) in [5.41, 5.74) is 1.35. The van der Waals surface area contributed by atoms with E-state index < -0.39 is 5.92 Å². The topological polar surface area (TPSA) is 102 Å². The van der Waals surface area contributed by atoms with Crippen molar-refractivity contribution >= 4 is 28.6 Å². The molecule has 0 spiro atoms. The molecule has 1 aliphatic carbocycles. The van der Waals surface area contributed by atoms with Gasteiger partial charge >= 0.3 is 0 Å². The molecule has 1 saturated heterocycles. The number of aromatic nitrogens is 2. The SMILES string of the molecule is Cn1nc(C2CCC(=O)NC2=O)c2cccc(OCC(=O)NC3CC3)c21. The molecular weight excluding hydrogens is 336 g/mol. The Bertz CT molecular complexity index is 900. The van der Waals surface area contributed by atoms with E-state index >= 15 is 0 Å². The van der Waals surface area contributed by atoms with Crippen molar-refractivity contribution in [3.8, 4) is 5.75 Å². The Morgan fingerprint density at radius 1 is 1.35 bits per heavy atom. The summed E-state index contributed by atoms with van der Waals surface area (Å²) >= 11 is 0.